The van der Waals surface area contributed by atoms with Gasteiger partial charge in [-0.05, 0) is 45.4 Å². The smallest absolute Gasteiger partial charge is 0.400 e. The lowest BCUT2D eigenvalue weighted by molar-refractivity contribution is -0.151. The second-order valence-electron chi connectivity index (χ2n) is 8.33. The van der Waals surface area contributed by atoms with E-state index in [1.54, 1.807) is 31.4 Å². The molecule has 11 heteroatoms. The van der Waals surface area contributed by atoms with E-state index in [9.17, 15) is 29.1 Å². The Morgan fingerprint density at radius 1 is 1.30 bits per heavy atom. The first-order valence-electron chi connectivity index (χ1n) is 10.3. The second kappa shape index (κ2) is 9.90. The normalized spacial score (nSPS) is 37.5. The molecule has 0 aromatic carbocycles. The first-order valence-corrected chi connectivity index (χ1v) is 12.3. The van der Waals surface area contributed by atoms with Gasteiger partial charge in [0, 0.05) is 11.8 Å². The van der Waals surface area contributed by atoms with Crippen molar-refractivity contribution in [1.82, 2.24) is 10.3 Å². The molecule has 9 nitrogen and oxygen atoms in total. The van der Waals surface area contributed by atoms with Gasteiger partial charge in [-0.1, -0.05) is 17.7 Å². The molecule has 33 heavy (non-hydrogen) atoms. The Morgan fingerprint density at radius 2 is 2.00 bits per heavy atom. The van der Waals surface area contributed by atoms with Gasteiger partial charge in [-0.25, -0.2) is 14.0 Å². The molecule has 0 radical (unpaired) electrons. The number of fused-ring (bicyclic) bond motifs is 2. The molecule has 1 aromatic rings. The molecule has 1 saturated heterocycles. The molecule has 1 unspecified atom stereocenters. The Kier molecular flexibility index (Phi) is 7.59. The molecular formula is C22H26N2O7S2. The van der Waals surface area contributed by atoms with E-state index in [-0.39, 0.29) is 12.8 Å². The van der Waals surface area contributed by atoms with Crippen LogP contribution in [0.1, 0.15) is 56.8 Å². The number of rotatable bonds is 0. The summed E-state index contributed by atoms with van der Waals surface area (Å²) in [5.41, 5.74) is -0.980. The van der Waals surface area contributed by atoms with Crippen molar-refractivity contribution in [2.75, 3.05) is 0 Å². The molecule has 1 fully saturated rings. The number of nitrogens with one attached hydrogen (secondary N) is 1. The van der Waals surface area contributed by atoms with Gasteiger partial charge >= 0.3 is 5.97 Å². The monoisotopic (exact) mass is 494 g/mol. The van der Waals surface area contributed by atoms with Crippen LogP contribution in [-0.4, -0.2) is 53.9 Å². The Bertz CT molecular complexity index is 1030. The SMILES string of the molecule is C/C1=C\[C@@H](O)C(=O)/C=C/C=C\c2csc(n2)[C@@H](C)NC(=O)C[C@@]2(CC1)[S+]([O-])OC(=O)[C@@]2(C)O. The lowest BCUT2D eigenvalue weighted by Gasteiger charge is -2.32. The fraction of sp³-hybridized carbons (Fsp3) is 0.455. The number of aliphatic hydroxyl groups is 2. The van der Waals surface area contributed by atoms with Crippen LogP contribution < -0.4 is 5.32 Å². The van der Waals surface area contributed by atoms with Crippen LogP contribution >= 0.6 is 11.3 Å². The van der Waals surface area contributed by atoms with Crippen molar-refractivity contribution in [2.24, 2.45) is 0 Å². The van der Waals surface area contributed by atoms with E-state index in [0.717, 1.165) is 0 Å². The average molecular weight is 495 g/mol. The quantitative estimate of drug-likeness (QED) is 0.364. The molecule has 2 aliphatic heterocycles. The zero-order chi connectivity index (χ0) is 24.4. The van der Waals surface area contributed by atoms with Crippen molar-refractivity contribution >= 4 is 46.5 Å². The van der Waals surface area contributed by atoms with E-state index in [0.29, 0.717) is 16.3 Å². The van der Waals surface area contributed by atoms with E-state index < -0.39 is 58.0 Å². The van der Waals surface area contributed by atoms with Gasteiger partial charge in [0.2, 0.25) is 16.3 Å². The minimum absolute atomic E-state index is 0.0522. The standard InChI is InChI=1S/C22H26N2O7S2/c1-13-8-9-22(21(3,29)20(28)31-33(22)30)11-18(27)23-14(2)19-24-15(12-32-19)6-4-5-7-16(25)17(26)10-13/h4-7,10,12,14,17,26,29H,8-9,11H2,1-3H3,(H,23,27)/b6-4-,7-5+,13-10+/t14-,17-,21-,22-,33?/m1/s1. The van der Waals surface area contributed by atoms with Gasteiger partial charge < -0.3 is 20.1 Å². The summed E-state index contributed by atoms with van der Waals surface area (Å²) in [5.74, 6) is -2.12. The minimum Gasteiger partial charge on any atom is -0.576 e. The van der Waals surface area contributed by atoms with Crippen molar-refractivity contribution in [3.63, 3.8) is 0 Å². The molecule has 1 amide bonds. The van der Waals surface area contributed by atoms with E-state index in [1.165, 1.54) is 36.5 Å². The number of carbonyl (C=O) groups excluding carboxylic acids is 3. The third kappa shape index (κ3) is 5.28. The van der Waals surface area contributed by atoms with Crippen molar-refractivity contribution < 1.29 is 33.3 Å². The Balaban J connectivity index is 1.99. The number of aliphatic hydroxyl groups excluding tert-OH is 1. The van der Waals surface area contributed by atoms with Gasteiger partial charge in [-0.3, -0.25) is 9.59 Å². The number of hydrogen-bond acceptors (Lipinski definition) is 9. The van der Waals surface area contributed by atoms with Crippen LogP contribution in [0.25, 0.3) is 6.08 Å². The van der Waals surface area contributed by atoms with Crippen LogP contribution in [-0.2, 0) is 30.0 Å². The molecule has 3 rings (SSSR count). The molecule has 1 aromatic heterocycles. The number of hydrogen-bond donors (Lipinski definition) is 3. The number of carbonyl (C=O) groups is 3. The van der Waals surface area contributed by atoms with Crippen LogP contribution in [0.2, 0.25) is 0 Å². The molecule has 178 valence electrons. The Morgan fingerprint density at radius 3 is 2.67 bits per heavy atom. The maximum atomic E-state index is 12.9. The van der Waals surface area contributed by atoms with Crippen LogP contribution in [0.15, 0.2) is 35.3 Å². The summed E-state index contributed by atoms with van der Waals surface area (Å²) in [6, 6.07) is -0.467. The fourth-order valence-corrected chi connectivity index (χ4v) is 5.83. The van der Waals surface area contributed by atoms with Gasteiger partial charge in [0.05, 0.1) is 18.2 Å². The van der Waals surface area contributed by atoms with Crippen molar-refractivity contribution in [1.29, 1.82) is 0 Å². The summed E-state index contributed by atoms with van der Waals surface area (Å²) in [5, 5.41) is 26.3. The summed E-state index contributed by atoms with van der Waals surface area (Å²) in [7, 11) is 0. The number of thiazole rings is 1. The highest BCUT2D eigenvalue weighted by Crippen LogP contribution is 2.46. The topological polar surface area (TPSA) is 149 Å². The fourth-order valence-electron chi connectivity index (χ4n) is 3.65. The Labute approximate surface area is 198 Å². The highest BCUT2D eigenvalue weighted by atomic mass is 32.2. The predicted molar refractivity (Wildman–Crippen MR) is 123 cm³/mol. The first-order chi connectivity index (χ1) is 15.5. The van der Waals surface area contributed by atoms with Crippen molar-refractivity contribution in [3.8, 4) is 0 Å². The van der Waals surface area contributed by atoms with Crippen LogP contribution in [0.4, 0.5) is 0 Å². The van der Waals surface area contributed by atoms with E-state index >= 15 is 0 Å². The molecule has 1 spiro atoms. The third-order valence-electron chi connectivity index (χ3n) is 5.78. The van der Waals surface area contributed by atoms with Gasteiger partial charge in [0.1, 0.15) is 11.1 Å². The largest absolute Gasteiger partial charge is 0.576 e. The minimum atomic E-state index is -2.28. The van der Waals surface area contributed by atoms with Crippen molar-refractivity contribution in [2.45, 2.75) is 62.5 Å². The van der Waals surface area contributed by atoms with Crippen LogP contribution in [0.3, 0.4) is 0 Å². The summed E-state index contributed by atoms with van der Waals surface area (Å²) in [6.07, 6.45) is 5.68. The number of amides is 1. The second-order valence-corrected chi connectivity index (χ2v) is 10.6. The molecule has 2 aliphatic rings. The van der Waals surface area contributed by atoms with Gasteiger partial charge in [0.25, 0.3) is 0 Å². The lowest BCUT2D eigenvalue weighted by Crippen LogP contribution is -2.56. The summed E-state index contributed by atoms with van der Waals surface area (Å²) >= 11 is -0.949. The van der Waals surface area contributed by atoms with Crippen LogP contribution in [0.5, 0.6) is 0 Å². The number of ketones is 1. The molecule has 0 aliphatic carbocycles. The predicted octanol–water partition coefficient (Wildman–Crippen LogP) is 1.66. The molecule has 2 bridgehead atoms. The number of aromatic nitrogens is 1. The van der Waals surface area contributed by atoms with Gasteiger partial charge in [-0.2, -0.15) is 0 Å². The Hall–Kier alpha value is -2.31. The first kappa shape index (κ1) is 25.3. The number of nitrogens with zero attached hydrogens (tertiary/aromatic N) is 1. The van der Waals surface area contributed by atoms with E-state index in [4.69, 9.17) is 4.18 Å². The molecule has 3 heterocycles. The molecular weight excluding hydrogens is 468 g/mol. The maximum Gasteiger partial charge on any atom is 0.400 e. The van der Waals surface area contributed by atoms with E-state index in [1.807, 2.05) is 0 Å². The average Bonchev–Trinajstić information content (AvgIpc) is 3.27. The van der Waals surface area contributed by atoms with E-state index in [2.05, 4.69) is 10.3 Å². The lowest BCUT2D eigenvalue weighted by atomic mass is 9.80. The zero-order valence-corrected chi connectivity index (χ0v) is 20.1. The van der Waals surface area contributed by atoms with Crippen molar-refractivity contribution in [3.05, 3.63) is 46.0 Å². The molecule has 5 atom stereocenters. The zero-order valence-electron chi connectivity index (χ0n) is 18.4. The summed E-state index contributed by atoms with van der Waals surface area (Å²) in [6.45, 7) is 4.58. The summed E-state index contributed by atoms with van der Waals surface area (Å²) in [4.78, 5) is 41.7. The highest BCUT2D eigenvalue weighted by Gasteiger charge is 2.71. The molecule has 0 saturated carbocycles. The third-order valence-corrected chi connectivity index (χ3v) is 8.52. The van der Waals surface area contributed by atoms with Gasteiger partial charge in [-0.15, -0.1) is 11.3 Å². The highest BCUT2D eigenvalue weighted by molar-refractivity contribution is 7.89. The molecule has 3 N–H and O–H groups in total. The maximum absolute atomic E-state index is 12.9. The van der Waals surface area contributed by atoms with Crippen LogP contribution in [0, 0.1) is 0 Å². The van der Waals surface area contributed by atoms with Gasteiger partial charge in [0.15, 0.2) is 17.2 Å². The number of allylic oxidation sites excluding steroid dienone is 3. The summed E-state index contributed by atoms with van der Waals surface area (Å²) < 4.78 is 16.0.